The van der Waals surface area contributed by atoms with Gasteiger partial charge < -0.3 is 5.11 Å². The molecule has 1 nitrogen and oxygen atoms in total. The molecule has 0 saturated heterocycles. The zero-order valence-corrected chi connectivity index (χ0v) is 6.52. The minimum absolute atomic E-state index is 0.384. The van der Waals surface area contributed by atoms with Gasteiger partial charge in [-0.05, 0) is 39.3 Å². The van der Waals surface area contributed by atoms with E-state index in [9.17, 15) is 0 Å². The first kappa shape index (κ1) is 8.28. The second-order valence-electron chi connectivity index (χ2n) is 2.61. The van der Waals surface area contributed by atoms with Gasteiger partial charge in [-0.15, -0.1) is 0 Å². The minimum atomic E-state index is 0.384. The molecular formula is C8H14O. The number of hydrogen-bond acceptors (Lipinski definition) is 1. The fraction of sp³-hybridized carbons (Fsp3) is 0.500. The largest absolute Gasteiger partial charge is 0.508 e. The average molecular weight is 126 g/mol. The van der Waals surface area contributed by atoms with E-state index in [1.54, 1.807) is 6.08 Å². The second-order valence-corrected chi connectivity index (χ2v) is 2.61. The Morgan fingerprint density at radius 2 is 1.56 bits per heavy atom. The van der Waals surface area contributed by atoms with E-state index in [4.69, 9.17) is 5.11 Å². The predicted octanol–water partition coefficient (Wildman–Crippen LogP) is 2.80. The van der Waals surface area contributed by atoms with Crippen molar-refractivity contribution in [2.75, 3.05) is 0 Å². The summed E-state index contributed by atoms with van der Waals surface area (Å²) in [7, 11) is 0. The van der Waals surface area contributed by atoms with E-state index in [-0.39, 0.29) is 0 Å². The maximum atomic E-state index is 9.10. The number of aliphatic hydroxyl groups excluding tert-OH is 1. The molecule has 52 valence electrons. The van der Waals surface area contributed by atoms with Gasteiger partial charge in [0.05, 0.1) is 0 Å². The molecule has 0 atom stereocenters. The Morgan fingerprint density at radius 1 is 1.11 bits per heavy atom. The molecule has 0 aliphatic rings. The molecule has 0 aliphatic heterocycles. The summed E-state index contributed by atoms with van der Waals surface area (Å²) in [5, 5.41) is 9.10. The van der Waals surface area contributed by atoms with Gasteiger partial charge in [-0.25, -0.2) is 0 Å². The van der Waals surface area contributed by atoms with Crippen LogP contribution in [0.5, 0.6) is 0 Å². The van der Waals surface area contributed by atoms with Crippen molar-refractivity contribution >= 4 is 0 Å². The van der Waals surface area contributed by atoms with Crippen molar-refractivity contribution in [3.63, 3.8) is 0 Å². The van der Waals surface area contributed by atoms with Gasteiger partial charge in [-0.3, -0.25) is 0 Å². The van der Waals surface area contributed by atoms with Gasteiger partial charge in [0.15, 0.2) is 0 Å². The van der Waals surface area contributed by atoms with Crippen molar-refractivity contribution in [3.8, 4) is 0 Å². The molecule has 0 aromatic rings. The molecule has 0 saturated carbocycles. The van der Waals surface area contributed by atoms with Crippen LogP contribution in [0.3, 0.4) is 0 Å². The predicted molar refractivity (Wildman–Crippen MR) is 40.4 cm³/mol. The van der Waals surface area contributed by atoms with Crippen molar-refractivity contribution in [1.29, 1.82) is 0 Å². The molecule has 0 fully saturated rings. The first-order chi connectivity index (χ1) is 4.04. The van der Waals surface area contributed by atoms with E-state index < -0.39 is 0 Å². The van der Waals surface area contributed by atoms with Gasteiger partial charge in [0.1, 0.15) is 5.76 Å². The van der Waals surface area contributed by atoms with Gasteiger partial charge >= 0.3 is 0 Å². The molecule has 0 aromatic carbocycles. The lowest BCUT2D eigenvalue weighted by atomic mass is 10.2. The average Bonchev–Trinajstić information content (AvgIpc) is 1.63. The summed E-state index contributed by atoms with van der Waals surface area (Å²) in [5.41, 5.74) is 2.07. The van der Waals surface area contributed by atoms with Gasteiger partial charge in [-0.2, -0.15) is 0 Å². The van der Waals surface area contributed by atoms with Crippen LogP contribution in [0.15, 0.2) is 23.0 Å². The fourth-order valence-electron chi connectivity index (χ4n) is 0.418. The maximum absolute atomic E-state index is 9.10. The summed E-state index contributed by atoms with van der Waals surface area (Å²) in [4.78, 5) is 0. The molecule has 0 rings (SSSR count). The van der Waals surface area contributed by atoms with Crippen molar-refractivity contribution in [1.82, 2.24) is 0 Å². The third-order valence-corrected chi connectivity index (χ3v) is 0.938. The minimum Gasteiger partial charge on any atom is -0.508 e. The lowest BCUT2D eigenvalue weighted by Crippen LogP contribution is -1.78. The van der Waals surface area contributed by atoms with Gasteiger partial charge in [0.2, 0.25) is 0 Å². The van der Waals surface area contributed by atoms with Crippen LogP contribution in [0.25, 0.3) is 0 Å². The molecule has 0 spiro atoms. The number of aliphatic hydroxyl groups is 1. The highest BCUT2D eigenvalue weighted by Crippen LogP contribution is 2.03. The monoisotopic (exact) mass is 126 g/mol. The van der Waals surface area contributed by atoms with E-state index in [0.29, 0.717) is 5.76 Å². The normalized spacial score (nSPS) is 8.44. The summed E-state index contributed by atoms with van der Waals surface area (Å²) in [6.07, 6.45) is 1.76. The summed E-state index contributed by atoms with van der Waals surface area (Å²) >= 11 is 0. The quantitative estimate of drug-likeness (QED) is 0.423. The van der Waals surface area contributed by atoms with Crippen LogP contribution >= 0.6 is 0 Å². The number of rotatable bonds is 1. The summed E-state index contributed by atoms with van der Waals surface area (Å²) in [6.45, 7) is 7.68. The highest BCUT2D eigenvalue weighted by atomic mass is 16.3. The van der Waals surface area contributed by atoms with Crippen molar-refractivity contribution < 1.29 is 5.11 Å². The Hall–Kier alpha value is -0.720. The van der Waals surface area contributed by atoms with Crippen LogP contribution in [-0.4, -0.2) is 5.11 Å². The first-order valence-corrected chi connectivity index (χ1v) is 3.05. The Labute approximate surface area is 56.7 Å². The van der Waals surface area contributed by atoms with Gasteiger partial charge in [0.25, 0.3) is 0 Å². The molecule has 0 radical (unpaired) electrons. The topological polar surface area (TPSA) is 20.2 Å². The molecule has 0 aliphatic carbocycles. The van der Waals surface area contributed by atoms with E-state index in [1.165, 1.54) is 0 Å². The van der Waals surface area contributed by atoms with Crippen molar-refractivity contribution in [2.45, 2.75) is 27.7 Å². The first-order valence-electron chi connectivity index (χ1n) is 3.05. The van der Waals surface area contributed by atoms with Gasteiger partial charge in [-0.1, -0.05) is 5.57 Å². The molecule has 0 heterocycles. The zero-order valence-electron chi connectivity index (χ0n) is 6.52. The number of allylic oxidation sites excluding steroid dienone is 3. The van der Waals surface area contributed by atoms with Crippen molar-refractivity contribution in [2.24, 2.45) is 0 Å². The van der Waals surface area contributed by atoms with E-state index in [2.05, 4.69) is 0 Å². The third kappa shape index (κ3) is 3.83. The Morgan fingerprint density at radius 3 is 1.67 bits per heavy atom. The van der Waals surface area contributed by atoms with E-state index >= 15 is 0 Å². The Kier molecular flexibility index (Phi) is 3.07. The SMILES string of the molecule is CC(C)=CC(O)=C(C)C. The Balaban J connectivity index is 4.25. The van der Waals surface area contributed by atoms with Crippen LogP contribution in [0.4, 0.5) is 0 Å². The van der Waals surface area contributed by atoms with Crippen LogP contribution in [0, 0.1) is 0 Å². The van der Waals surface area contributed by atoms with E-state index in [0.717, 1.165) is 11.1 Å². The van der Waals surface area contributed by atoms with Gasteiger partial charge in [0, 0.05) is 0 Å². The van der Waals surface area contributed by atoms with Crippen LogP contribution in [-0.2, 0) is 0 Å². The third-order valence-electron chi connectivity index (χ3n) is 0.938. The van der Waals surface area contributed by atoms with E-state index in [1.807, 2.05) is 27.7 Å². The van der Waals surface area contributed by atoms with Crippen molar-refractivity contribution in [3.05, 3.63) is 23.0 Å². The number of hydrogen-bond donors (Lipinski definition) is 1. The highest BCUT2D eigenvalue weighted by molar-refractivity contribution is 5.18. The molecule has 9 heavy (non-hydrogen) atoms. The second kappa shape index (κ2) is 3.33. The molecule has 0 amide bonds. The zero-order chi connectivity index (χ0) is 7.44. The summed E-state index contributed by atoms with van der Waals surface area (Å²) in [6, 6.07) is 0. The van der Waals surface area contributed by atoms with Crippen LogP contribution in [0.1, 0.15) is 27.7 Å². The lowest BCUT2D eigenvalue weighted by molar-refractivity contribution is 0.425. The molecule has 1 N–H and O–H groups in total. The molecule has 0 bridgehead atoms. The van der Waals surface area contributed by atoms with Crippen LogP contribution < -0.4 is 0 Å². The molecule has 1 heteroatoms. The molecule has 0 aromatic heterocycles. The standard InChI is InChI=1S/C8H14O/c1-6(2)5-8(9)7(3)4/h5,9H,1-4H3. The highest BCUT2D eigenvalue weighted by Gasteiger charge is 1.87. The summed E-state index contributed by atoms with van der Waals surface area (Å²) in [5.74, 6) is 0.384. The fourth-order valence-corrected chi connectivity index (χ4v) is 0.418. The molecule has 0 unspecified atom stereocenters. The van der Waals surface area contributed by atoms with Crippen LogP contribution in [0.2, 0.25) is 0 Å². The summed E-state index contributed by atoms with van der Waals surface area (Å²) < 4.78 is 0. The molecular weight excluding hydrogens is 112 g/mol. The lowest BCUT2D eigenvalue weighted by Gasteiger charge is -1.94. The Bertz CT molecular complexity index is 144. The maximum Gasteiger partial charge on any atom is 0.114 e. The smallest absolute Gasteiger partial charge is 0.114 e.